The van der Waals surface area contributed by atoms with Crippen molar-refractivity contribution in [1.29, 1.82) is 0 Å². The summed E-state index contributed by atoms with van der Waals surface area (Å²) < 4.78 is 18.5. The van der Waals surface area contributed by atoms with Crippen LogP contribution in [-0.4, -0.2) is 54.9 Å². The van der Waals surface area contributed by atoms with Gasteiger partial charge in [-0.25, -0.2) is 4.39 Å². The number of hydrogen-bond acceptors (Lipinski definition) is 3. The zero-order valence-corrected chi connectivity index (χ0v) is 16.8. The summed E-state index contributed by atoms with van der Waals surface area (Å²) in [6.45, 7) is 4.26. The number of benzene rings is 1. The van der Waals surface area contributed by atoms with Crippen LogP contribution in [0.15, 0.2) is 18.2 Å². The van der Waals surface area contributed by atoms with Crippen LogP contribution in [0.3, 0.4) is 0 Å². The van der Waals surface area contributed by atoms with Gasteiger partial charge in [0.05, 0.1) is 18.1 Å². The van der Waals surface area contributed by atoms with Gasteiger partial charge in [0.25, 0.3) is 0 Å². The number of hydrogen-bond donors (Lipinski definition) is 0. The van der Waals surface area contributed by atoms with Crippen LogP contribution in [0.1, 0.15) is 39.0 Å². The first kappa shape index (κ1) is 21.5. The Bertz CT molecular complexity index is 648. The van der Waals surface area contributed by atoms with E-state index in [1.807, 2.05) is 11.9 Å². The molecule has 0 unspecified atom stereocenters. The molecule has 0 aromatic heterocycles. The zero-order chi connectivity index (χ0) is 19.8. The lowest BCUT2D eigenvalue weighted by molar-refractivity contribution is -0.140. The van der Waals surface area contributed by atoms with E-state index in [4.69, 9.17) is 16.3 Å². The number of piperidine rings is 1. The van der Waals surface area contributed by atoms with Gasteiger partial charge in [0, 0.05) is 32.6 Å². The van der Waals surface area contributed by atoms with Gasteiger partial charge in [0.15, 0.2) is 0 Å². The molecule has 1 aliphatic heterocycles. The number of amides is 2. The van der Waals surface area contributed by atoms with Crippen molar-refractivity contribution in [1.82, 2.24) is 9.80 Å². The van der Waals surface area contributed by atoms with E-state index in [2.05, 4.69) is 6.92 Å². The minimum Gasteiger partial charge on any atom is -0.491 e. The van der Waals surface area contributed by atoms with Crippen molar-refractivity contribution in [2.75, 3.05) is 33.3 Å². The smallest absolute Gasteiger partial charge is 0.225 e. The summed E-state index contributed by atoms with van der Waals surface area (Å²) in [7, 11) is 1.85. The molecule has 2 rings (SSSR count). The van der Waals surface area contributed by atoms with Crippen molar-refractivity contribution in [2.24, 2.45) is 5.92 Å². The Morgan fingerprint density at radius 2 is 2.04 bits per heavy atom. The quantitative estimate of drug-likeness (QED) is 0.670. The lowest BCUT2D eigenvalue weighted by atomic mass is 9.95. The van der Waals surface area contributed by atoms with Crippen molar-refractivity contribution in [3.05, 3.63) is 29.0 Å². The summed E-state index contributed by atoms with van der Waals surface area (Å²) in [5, 5.41) is 0.189. The van der Waals surface area contributed by atoms with Crippen LogP contribution in [0.2, 0.25) is 5.02 Å². The van der Waals surface area contributed by atoms with Gasteiger partial charge in [-0.15, -0.1) is 0 Å². The molecule has 27 heavy (non-hydrogen) atoms. The van der Waals surface area contributed by atoms with Crippen LogP contribution in [0.25, 0.3) is 0 Å². The molecule has 1 heterocycles. The molecule has 0 saturated carbocycles. The van der Waals surface area contributed by atoms with Crippen molar-refractivity contribution in [3.63, 3.8) is 0 Å². The fourth-order valence-corrected chi connectivity index (χ4v) is 3.41. The largest absolute Gasteiger partial charge is 0.491 e. The Balaban J connectivity index is 1.72. The average Bonchev–Trinajstić information content (AvgIpc) is 2.67. The molecule has 7 heteroatoms. The Hall–Kier alpha value is -1.82. The molecular weight excluding hydrogens is 371 g/mol. The zero-order valence-electron chi connectivity index (χ0n) is 16.0. The van der Waals surface area contributed by atoms with Gasteiger partial charge in [-0.1, -0.05) is 24.9 Å². The summed E-state index contributed by atoms with van der Waals surface area (Å²) in [5.74, 6) is 0.125. The Morgan fingerprint density at radius 1 is 1.33 bits per heavy atom. The highest BCUT2D eigenvalue weighted by molar-refractivity contribution is 6.32. The van der Waals surface area contributed by atoms with E-state index in [0.717, 1.165) is 19.4 Å². The van der Waals surface area contributed by atoms with E-state index in [9.17, 15) is 14.0 Å². The molecular formula is C20H28ClFN2O3. The third kappa shape index (κ3) is 6.38. The molecule has 0 radical (unpaired) electrons. The topological polar surface area (TPSA) is 49.9 Å². The predicted octanol–water partition coefficient (Wildman–Crippen LogP) is 3.75. The van der Waals surface area contributed by atoms with Crippen molar-refractivity contribution in [2.45, 2.75) is 39.0 Å². The maximum Gasteiger partial charge on any atom is 0.225 e. The number of likely N-dealkylation sites (tertiary alicyclic amines) is 1. The molecule has 0 aliphatic carbocycles. The van der Waals surface area contributed by atoms with Gasteiger partial charge in [-0.2, -0.15) is 0 Å². The fraction of sp³-hybridized carbons (Fsp3) is 0.600. The average molecular weight is 399 g/mol. The summed E-state index contributed by atoms with van der Waals surface area (Å²) in [6.07, 6.45) is 3.70. The van der Waals surface area contributed by atoms with E-state index in [1.165, 1.54) is 18.2 Å². The van der Waals surface area contributed by atoms with E-state index >= 15 is 0 Å². The van der Waals surface area contributed by atoms with Gasteiger partial charge in [0.1, 0.15) is 11.6 Å². The molecule has 1 fully saturated rings. The van der Waals surface area contributed by atoms with E-state index < -0.39 is 5.82 Å². The predicted molar refractivity (Wildman–Crippen MR) is 103 cm³/mol. The third-order valence-corrected chi connectivity index (χ3v) is 5.18. The third-order valence-electron chi connectivity index (χ3n) is 4.89. The highest BCUT2D eigenvalue weighted by atomic mass is 35.5. The monoisotopic (exact) mass is 398 g/mol. The highest BCUT2D eigenvalue weighted by Crippen LogP contribution is 2.25. The Labute approximate surface area is 165 Å². The molecule has 150 valence electrons. The highest BCUT2D eigenvalue weighted by Gasteiger charge is 2.28. The van der Waals surface area contributed by atoms with Gasteiger partial charge in [0.2, 0.25) is 11.8 Å². The number of ether oxygens (including phenoxy) is 1. The number of rotatable bonds is 8. The Morgan fingerprint density at radius 3 is 2.67 bits per heavy atom. The minimum atomic E-state index is -0.429. The lowest BCUT2D eigenvalue weighted by Crippen LogP contribution is -2.43. The number of halogens is 2. The summed E-state index contributed by atoms with van der Waals surface area (Å²) in [6, 6.07) is 3.90. The van der Waals surface area contributed by atoms with Crippen molar-refractivity contribution < 1.29 is 18.7 Å². The van der Waals surface area contributed by atoms with Crippen LogP contribution in [0, 0.1) is 11.7 Å². The maximum atomic E-state index is 13.0. The summed E-state index contributed by atoms with van der Waals surface area (Å²) in [4.78, 5) is 28.4. The maximum absolute atomic E-state index is 13.0. The van der Waals surface area contributed by atoms with Crippen molar-refractivity contribution >= 4 is 23.4 Å². The van der Waals surface area contributed by atoms with Crippen LogP contribution < -0.4 is 4.74 Å². The number of carbonyl (C=O) groups is 2. The van der Waals surface area contributed by atoms with Crippen LogP contribution >= 0.6 is 11.6 Å². The number of unbranched alkanes of at least 4 members (excludes halogenated alkanes) is 1. The molecule has 1 aromatic carbocycles. The fourth-order valence-electron chi connectivity index (χ4n) is 3.19. The molecule has 1 aromatic rings. The van der Waals surface area contributed by atoms with Gasteiger partial charge >= 0.3 is 0 Å². The molecule has 2 amide bonds. The lowest BCUT2D eigenvalue weighted by Gasteiger charge is -2.33. The van der Waals surface area contributed by atoms with Gasteiger partial charge < -0.3 is 14.5 Å². The van der Waals surface area contributed by atoms with E-state index in [1.54, 1.807) is 4.90 Å². The van der Waals surface area contributed by atoms with E-state index in [-0.39, 0.29) is 35.8 Å². The normalized spacial score (nSPS) is 14.9. The van der Waals surface area contributed by atoms with Gasteiger partial charge in [-0.3, -0.25) is 9.59 Å². The number of carbonyl (C=O) groups excluding carboxylic acids is 2. The van der Waals surface area contributed by atoms with Crippen LogP contribution in [-0.2, 0) is 9.59 Å². The SMILES string of the molecule is CCCCN(C)C(=O)C1CCN(C(=O)CCOc2ccc(F)cc2Cl)CC1. The van der Waals surface area contributed by atoms with Crippen LogP contribution in [0.5, 0.6) is 5.75 Å². The molecule has 1 saturated heterocycles. The molecule has 5 nitrogen and oxygen atoms in total. The molecule has 0 N–H and O–H groups in total. The second-order valence-corrected chi connectivity index (χ2v) is 7.35. The van der Waals surface area contributed by atoms with Crippen LogP contribution in [0.4, 0.5) is 4.39 Å². The van der Waals surface area contributed by atoms with Crippen molar-refractivity contribution in [3.8, 4) is 5.75 Å². The molecule has 1 aliphatic rings. The first-order valence-electron chi connectivity index (χ1n) is 9.53. The summed E-state index contributed by atoms with van der Waals surface area (Å²) in [5.41, 5.74) is 0. The number of nitrogens with zero attached hydrogens (tertiary/aromatic N) is 2. The minimum absolute atomic E-state index is 0.00142. The molecule has 0 spiro atoms. The van der Waals surface area contributed by atoms with E-state index in [0.29, 0.717) is 31.7 Å². The Kier molecular flexibility index (Phi) is 8.35. The second kappa shape index (κ2) is 10.5. The van der Waals surface area contributed by atoms with Gasteiger partial charge in [-0.05, 0) is 37.5 Å². The summed E-state index contributed by atoms with van der Waals surface area (Å²) >= 11 is 5.90. The first-order chi connectivity index (χ1) is 12.9. The second-order valence-electron chi connectivity index (χ2n) is 6.94. The first-order valence-corrected chi connectivity index (χ1v) is 9.90. The molecule has 0 bridgehead atoms. The molecule has 0 atom stereocenters. The standard InChI is InChI=1S/C20H28ClFN2O3/c1-3-4-10-23(2)20(26)15-7-11-24(12-8-15)19(25)9-13-27-18-6-5-16(22)14-17(18)21/h5-6,14-15H,3-4,7-13H2,1-2H3.